The second-order valence-electron chi connectivity index (χ2n) is 5.27. The Morgan fingerprint density at radius 2 is 2.00 bits per heavy atom. The van der Waals surface area contributed by atoms with Crippen LogP contribution in [-0.2, 0) is 0 Å². The maximum absolute atomic E-state index is 13.7. The summed E-state index contributed by atoms with van der Waals surface area (Å²) < 4.78 is 13.7. The largest absolute Gasteiger partial charge is 0.390 e. The molecule has 1 nitrogen and oxygen atoms in total. The molecule has 0 amide bonds. The molecule has 0 aromatic heterocycles. The molecule has 2 heteroatoms. The molecule has 1 aliphatic carbocycles. The van der Waals surface area contributed by atoms with Crippen LogP contribution in [0.15, 0.2) is 0 Å². The van der Waals surface area contributed by atoms with Crippen molar-refractivity contribution in [1.29, 1.82) is 0 Å². The van der Waals surface area contributed by atoms with Gasteiger partial charge in [0, 0.05) is 6.42 Å². The molecular weight excluding hydrogens is 167 g/mol. The van der Waals surface area contributed by atoms with E-state index in [4.69, 9.17) is 0 Å². The van der Waals surface area contributed by atoms with E-state index < -0.39 is 11.3 Å². The molecule has 1 aliphatic rings. The zero-order valence-corrected chi connectivity index (χ0v) is 8.94. The smallest absolute Gasteiger partial charge is 0.111 e. The number of alkyl halides is 1. The summed E-state index contributed by atoms with van der Waals surface area (Å²) in [4.78, 5) is 0. The van der Waals surface area contributed by atoms with Gasteiger partial charge >= 0.3 is 0 Å². The van der Waals surface area contributed by atoms with Crippen LogP contribution >= 0.6 is 0 Å². The third-order valence-corrected chi connectivity index (χ3v) is 2.83. The van der Waals surface area contributed by atoms with Crippen LogP contribution in [0.5, 0.6) is 0 Å². The number of halogens is 1. The summed E-state index contributed by atoms with van der Waals surface area (Å²) >= 11 is 0. The maximum atomic E-state index is 13.7. The number of rotatable bonds is 2. The highest BCUT2D eigenvalue weighted by Gasteiger charge is 2.41. The summed E-state index contributed by atoms with van der Waals surface area (Å²) in [5.74, 6) is 0.443. The van der Waals surface area contributed by atoms with Crippen molar-refractivity contribution >= 4 is 0 Å². The van der Waals surface area contributed by atoms with Crippen LogP contribution in [0.2, 0.25) is 0 Å². The Morgan fingerprint density at radius 3 is 2.46 bits per heavy atom. The van der Waals surface area contributed by atoms with Gasteiger partial charge in [-0.1, -0.05) is 13.8 Å². The average Bonchev–Trinajstić information content (AvgIpc) is 1.79. The molecule has 2 atom stereocenters. The van der Waals surface area contributed by atoms with Crippen molar-refractivity contribution in [3.63, 3.8) is 0 Å². The van der Waals surface area contributed by atoms with E-state index in [-0.39, 0.29) is 0 Å². The van der Waals surface area contributed by atoms with Gasteiger partial charge in [-0.25, -0.2) is 4.39 Å². The first-order valence-corrected chi connectivity index (χ1v) is 5.24. The van der Waals surface area contributed by atoms with Gasteiger partial charge in [-0.05, 0) is 38.5 Å². The van der Waals surface area contributed by atoms with E-state index in [1.54, 1.807) is 6.92 Å². The summed E-state index contributed by atoms with van der Waals surface area (Å²) in [6.07, 6.45) is 3.24. The lowest BCUT2D eigenvalue weighted by molar-refractivity contribution is -0.0679. The van der Waals surface area contributed by atoms with Crippen LogP contribution in [0.25, 0.3) is 0 Å². The zero-order valence-electron chi connectivity index (χ0n) is 8.94. The first-order chi connectivity index (χ1) is 5.83. The minimum absolute atomic E-state index is 0.318. The Morgan fingerprint density at radius 1 is 1.38 bits per heavy atom. The van der Waals surface area contributed by atoms with Crippen molar-refractivity contribution in [1.82, 2.24) is 0 Å². The topological polar surface area (TPSA) is 20.2 Å². The molecule has 13 heavy (non-hydrogen) atoms. The van der Waals surface area contributed by atoms with E-state index in [0.717, 1.165) is 19.3 Å². The molecule has 0 aliphatic heterocycles. The fourth-order valence-corrected chi connectivity index (χ4v) is 2.58. The molecule has 0 aromatic carbocycles. The van der Waals surface area contributed by atoms with Gasteiger partial charge in [-0.3, -0.25) is 0 Å². The summed E-state index contributed by atoms with van der Waals surface area (Å²) in [7, 11) is 0. The quantitative estimate of drug-likeness (QED) is 0.706. The van der Waals surface area contributed by atoms with Gasteiger partial charge in [0.2, 0.25) is 0 Å². The van der Waals surface area contributed by atoms with Gasteiger partial charge in [0.05, 0.1) is 5.60 Å². The lowest BCUT2D eigenvalue weighted by atomic mass is 9.73. The van der Waals surface area contributed by atoms with Crippen molar-refractivity contribution in [3.8, 4) is 0 Å². The summed E-state index contributed by atoms with van der Waals surface area (Å²) in [6.45, 7) is 5.75. The highest BCUT2D eigenvalue weighted by atomic mass is 19.1. The van der Waals surface area contributed by atoms with Gasteiger partial charge in [-0.15, -0.1) is 0 Å². The predicted octanol–water partition coefficient (Wildman–Crippen LogP) is 3.07. The normalized spacial score (nSPS) is 41.1. The molecular formula is C11H21FO. The average molecular weight is 188 g/mol. The molecule has 2 unspecified atom stereocenters. The summed E-state index contributed by atoms with van der Waals surface area (Å²) in [5, 5.41) is 10.1. The molecule has 0 radical (unpaired) electrons. The van der Waals surface area contributed by atoms with E-state index in [1.807, 2.05) is 0 Å². The summed E-state index contributed by atoms with van der Waals surface area (Å²) in [5.41, 5.74) is -1.89. The number of hydrogen-bond acceptors (Lipinski definition) is 1. The highest BCUT2D eigenvalue weighted by molar-refractivity contribution is 4.93. The fourth-order valence-electron chi connectivity index (χ4n) is 2.58. The van der Waals surface area contributed by atoms with Crippen LogP contribution in [-0.4, -0.2) is 16.4 Å². The van der Waals surface area contributed by atoms with Gasteiger partial charge in [0.15, 0.2) is 0 Å². The van der Waals surface area contributed by atoms with Crippen molar-refractivity contribution in [2.45, 2.75) is 64.1 Å². The standard InChI is InChI=1S/C11H21FO/c1-9(2)7-11(13)6-4-5-10(3,12)8-11/h9,13H,4-8H2,1-3H3. The molecule has 0 bridgehead atoms. The van der Waals surface area contributed by atoms with E-state index >= 15 is 0 Å². The Balaban J connectivity index is 2.58. The summed E-state index contributed by atoms with van der Waals surface area (Å²) in [6, 6.07) is 0. The van der Waals surface area contributed by atoms with E-state index in [0.29, 0.717) is 18.8 Å². The van der Waals surface area contributed by atoms with Crippen molar-refractivity contribution < 1.29 is 9.50 Å². The first kappa shape index (κ1) is 11.0. The monoisotopic (exact) mass is 188 g/mol. The van der Waals surface area contributed by atoms with Crippen LogP contribution in [0.4, 0.5) is 4.39 Å². The van der Waals surface area contributed by atoms with E-state index in [9.17, 15) is 9.50 Å². The van der Waals surface area contributed by atoms with E-state index in [1.165, 1.54) is 0 Å². The molecule has 0 spiro atoms. The maximum Gasteiger partial charge on any atom is 0.111 e. The van der Waals surface area contributed by atoms with Gasteiger partial charge in [-0.2, -0.15) is 0 Å². The second-order valence-corrected chi connectivity index (χ2v) is 5.27. The molecule has 0 saturated heterocycles. The third-order valence-electron chi connectivity index (χ3n) is 2.83. The number of hydrogen-bond donors (Lipinski definition) is 1. The minimum Gasteiger partial charge on any atom is -0.390 e. The lowest BCUT2D eigenvalue weighted by Crippen LogP contribution is -2.42. The number of aliphatic hydroxyl groups is 1. The van der Waals surface area contributed by atoms with Crippen LogP contribution in [0.3, 0.4) is 0 Å². The Kier molecular flexibility index (Phi) is 3.01. The molecule has 0 aromatic rings. The predicted molar refractivity (Wildman–Crippen MR) is 52.4 cm³/mol. The van der Waals surface area contributed by atoms with Crippen LogP contribution in [0.1, 0.15) is 52.9 Å². The minimum atomic E-state index is -1.15. The molecule has 78 valence electrons. The Labute approximate surface area is 80.3 Å². The van der Waals surface area contributed by atoms with Crippen molar-refractivity contribution in [3.05, 3.63) is 0 Å². The molecule has 0 heterocycles. The van der Waals surface area contributed by atoms with E-state index in [2.05, 4.69) is 13.8 Å². The van der Waals surface area contributed by atoms with Gasteiger partial charge in [0.1, 0.15) is 5.67 Å². The fraction of sp³-hybridized carbons (Fsp3) is 1.00. The molecule has 1 rings (SSSR count). The second kappa shape index (κ2) is 3.56. The zero-order chi connectivity index (χ0) is 10.1. The third kappa shape index (κ3) is 3.26. The van der Waals surface area contributed by atoms with Crippen LogP contribution < -0.4 is 0 Å². The Bertz CT molecular complexity index is 177. The SMILES string of the molecule is CC(C)CC1(O)CCCC(C)(F)C1. The highest BCUT2D eigenvalue weighted by Crippen LogP contribution is 2.40. The van der Waals surface area contributed by atoms with Gasteiger partial charge in [0.25, 0.3) is 0 Å². The molecule has 1 saturated carbocycles. The molecule has 1 N–H and O–H groups in total. The van der Waals surface area contributed by atoms with Crippen LogP contribution in [0, 0.1) is 5.92 Å². The van der Waals surface area contributed by atoms with Crippen molar-refractivity contribution in [2.24, 2.45) is 5.92 Å². The lowest BCUT2D eigenvalue weighted by Gasteiger charge is -2.40. The van der Waals surface area contributed by atoms with Gasteiger partial charge < -0.3 is 5.11 Å². The Hall–Kier alpha value is -0.110. The van der Waals surface area contributed by atoms with Crippen molar-refractivity contribution in [2.75, 3.05) is 0 Å². The molecule has 1 fully saturated rings. The first-order valence-electron chi connectivity index (χ1n) is 5.24.